The molecule has 0 heterocycles. The van der Waals surface area contributed by atoms with E-state index in [0.29, 0.717) is 17.4 Å². The highest BCUT2D eigenvalue weighted by Gasteiger charge is 2.22. The lowest BCUT2D eigenvalue weighted by Gasteiger charge is -2.28. The molecule has 0 rings (SSSR count). The minimum Gasteiger partial charge on any atom is -0.756 e. The molecule has 0 amide bonds. The molecular weight excluding hydrogens is 1130 g/mol. The molecule has 0 fully saturated rings. The standard InChI is InChI=1S/C80H142NO8P/c1-6-8-10-12-14-16-18-20-22-24-26-28-30-32-34-36-37-38-39-40-41-42-43-45-47-49-51-53-55-57-59-61-63-65-67-69-71-73-80(83)89-78(77-88-90(84,85)87-75-74-81(3,4)5)76-86-79(82)72-70-68-66-64-62-60-58-56-54-52-50-48-46-44-35-33-31-29-27-25-23-21-19-17-15-13-11-9-7-2/h8,10,14,16,19-22,25-28,32,34,37-38,40-41,78H,6-7,9,11-13,15,17-18,23-24,29-31,33,35-36,39,42-77H2,1-5H3/b10-8-,16-14-,21-19-,22-20-,27-25-,28-26-,34-32-,38-37-,41-40-. The highest BCUT2D eigenvalue weighted by atomic mass is 31.2. The lowest BCUT2D eigenvalue weighted by Crippen LogP contribution is -2.37. The second kappa shape index (κ2) is 70.0. The number of carbonyl (C=O) groups excluding carboxylic acids is 2. The molecule has 0 aromatic carbocycles. The Hall–Kier alpha value is -3.33. The van der Waals surface area contributed by atoms with Crippen molar-refractivity contribution >= 4 is 19.8 Å². The van der Waals surface area contributed by atoms with Crippen LogP contribution >= 0.6 is 7.82 Å². The van der Waals surface area contributed by atoms with E-state index < -0.39 is 26.5 Å². The number of rotatable bonds is 69. The Morgan fingerprint density at radius 1 is 0.356 bits per heavy atom. The van der Waals surface area contributed by atoms with Gasteiger partial charge in [-0.1, -0.05) is 329 Å². The number of allylic oxidation sites excluding steroid dienone is 18. The molecule has 520 valence electrons. The van der Waals surface area contributed by atoms with Gasteiger partial charge in [0, 0.05) is 12.8 Å². The summed E-state index contributed by atoms with van der Waals surface area (Å²) in [5.74, 6) is -0.823. The lowest BCUT2D eigenvalue weighted by molar-refractivity contribution is -0.870. The summed E-state index contributed by atoms with van der Waals surface area (Å²) in [6.45, 7) is 4.15. The molecule has 0 bridgehead atoms. The second-order valence-electron chi connectivity index (χ2n) is 26.3. The molecule has 0 radical (unpaired) electrons. The Bertz CT molecular complexity index is 1890. The van der Waals surface area contributed by atoms with Crippen molar-refractivity contribution in [1.29, 1.82) is 0 Å². The number of nitrogens with zero attached hydrogens (tertiary/aromatic N) is 1. The maximum absolute atomic E-state index is 12.9. The quantitative estimate of drug-likeness (QED) is 0.0195. The summed E-state index contributed by atoms with van der Waals surface area (Å²) < 4.78 is 34.4. The lowest BCUT2D eigenvalue weighted by atomic mass is 10.0. The van der Waals surface area contributed by atoms with Crippen molar-refractivity contribution in [3.05, 3.63) is 109 Å². The van der Waals surface area contributed by atoms with Crippen molar-refractivity contribution in [3.63, 3.8) is 0 Å². The highest BCUT2D eigenvalue weighted by molar-refractivity contribution is 7.45. The van der Waals surface area contributed by atoms with Gasteiger partial charge in [0.05, 0.1) is 27.7 Å². The summed E-state index contributed by atoms with van der Waals surface area (Å²) in [5.41, 5.74) is 0. The predicted octanol–water partition coefficient (Wildman–Crippen LogP) is 24.2. The zero-order valence-corrected chi connectivity index (χ0v) is 60.2. The van der Waals surface area contributed by atoms with E-state index in [9.17, 15) is 19.0 Å². The average molecular weight is 1280 g/mol. The van der Waals surface area contributed by atoms with E-state index in [1.165, 1.54) is 212 Å². The molecule has 0 aromatic rings. The van der Waals surface area contributed by atoms with Gasteiger partial charge in [0.1, 0.15) is 19.8 Å². The SMILES string of the molecule is CC/C=C\C/C=C\C/C=C\C/C=C\C/C=C\C/C=C\C/C=C\CCCCCCCCCCCCCCCCCC(=O)OC(COC(=O)CCCCCCCCCCCCCCCCCCC/C=C\C/C=C\CCCCCCC)COP(=O)([O-])OCC[N+](C)(C)C. The number of esters is 2. The molecule has 2 unspecified atom stereocenters. The fourth-order valence-electron chi connectivity index (χ4n) is 10.6. The van der Waals surface area contributed by atoms with Gasteiger partial charge in [-0.05, 0) is 103 Å². The van der Waals surface area contributed by atoms with Crippen LogP contribution in [0.15, 0.2) is 109 Å². The first-order chi connectivity index (χ1) is 44.0. The Morgan fingerprint density at radius 2 is 0.633 bits per heavy atom. The topological polar surface area (TPSA) is 111 Å². The number of phosphoric acid groups is 1. The van der Waals surface area contributed by atoms with Gasteiger partial charge in [0.25, 0.3) is 7.82 Å². The van der Waals surface area contributed by atoms with E-state index in [2.05, 4.69) is 123 Å². The molecule has 0 saturated carbocycles. The second-order valence-corrected chi connectivity index (χ2v) is 27.7. The van der Waals surface area contributed by atoms with Crippen molar-refractivity contribution in [2.24, 2.45) is 0 Å². The van der Waals surface area contributed by atoms with Crippen LogP contribution in [-0.4, -0.2) is 70.0 Å². The van der Waals surface area contributed by atoms with Crippen LogP contribution in [0.4, 0.5) is 0 Å². The zero-order valence-electron chi connectivity index (χ0n) is 59.3. The van der Waals surface area contributed by atoms with Crippen molar-refractivity contribution in [2.75, 3.05) is 47.5 Å². The van der Waals surface area contributed by atoms with Gasteiger partial charge in [-0.25, -0.2) is 0 Å². The molecule has 0 saturated heterocycles. The van der Waals surface area contributed by atoms with E-state index >= 15 is 0 Å². The van der Waals surface area contributed by atoms with Gasteiger partial charge in [-0.15, -0.1) is 0 Å². The van der Waals surface area contributed by atoms with Crippen molar-refractivity contribution in [2.45, 2.75) is 341 Å². The van der Waals surface area contributed by atoms with Crippen LogP contribution in [0.2, 0.25) is 0 Å². The van der Waals surface area contributed by atoms with Gasteiger partial charge in [0.2, 0.25) is 0 Å². The summed E-state index contributed by atoms with van der Waals surface area (Å²) in [5, 5.41) is 0. The normalized spacial score (nSPS) is 13.7. The molecular formula is C80H142NO8P. The summed E-state index contributed by atoms with van der Waals surface area (Å²) in [6.07, 6.45) is 99.0. The van der Waals surface area contributed by atoms with Crippen LogP contribution in [0.25, 0.3) is 0 Å². The van der Waals surface area contributed by atoms with Crippen LogP contribution in [-0.2, 0) is 32.7 Å². The Labute approximate surface area is 556 Å². The number of hydrogen-bond donors (Lipinski definition) is 0. The fraction of sp³-hybridized carbons (Fsp3) is 0.750. The third kappa shape index (κ3) is 73.7. The van der Waals surface area contributed by atoms with Gasteiger partial charge < -0.3 is 27.9 Å². The van der Waals surface area contributed by atoms with E-state index in [0.717, 1.165) is 89.9 Å². The zero-order chi connectivity index (χ0) is 65.5. The number of ether oxygens (including phenoxy) is 2. The Balaban J connectivity index is 4.01. The van der Waals surface area contributed by atoms with Gasteiger partial charge in [-0.3, -0.25) is 14.2 Å². The number of quaternary nitrogens is 1. The molecule has 2 atom stereocenters. The average Bonchev–Trinajstić information content (AvgIpc) is 3.58. The van der Waals surface area contributed by atoms with Crippen LogP contribution < -0.4 is 4.89 Å². The maximum Gasteiger partial charge on any atom is 0.306 e. The minimum atomic E-state index is -4.65. The van der Waals surface area contributed by atoms with Crippen molar-refractivity contribution < 1.29 is 42.1 Å². The molecule has 0 aromatic heterocycles. The van der Waals surface area contributed by atoms with E-state index in [1.54, 1.807) is 0 Å². The van der Waals surface area contributed by atoms with Crippen LogP contribution in [0.1, 0.15) is 335 Å². The van der Waals surface area contributed by atoms with Gasteiger partial charge in [-0.2, -0.15) is 0 Å². The summed E-state index contributed by atoms with van der Waals surface area (Å²) in [7, 11) is 1.17. The third-order valence-corrected chi connectivity index (χ3v) is 17.2. The Morgan fingerprint density at radius 3 is 0.944 bits per heavy atom. The Kier molecular flexibility index (Phi) is 67.4. The van der Waals surface area contributed by atoms with Crippen LogP contribution in [0.3, 0.4) is 0 Å². The molecule has 0 aliphatic heterocycles. The van der Waals surface area contributed by atoms with E-state index in [-0.39, 0.29) is 32.0 Å². The molecule has 0 aliphatic rings. The predicted molar refractivity (Wildman–Crippen MR) is 388 cm³/mol. The summed E-state index contributed by atoms with van der Waals surface area (Å²) in [4.78, 5) is 38.1. The largest absolute Gasteiger partial charge is 0.756 e. The maximum atomic E-state index is 12.9. The summed E-state index contributed by atoms with van der Waals surface area (Å²) >= 11 is 0. The van der Waals surface area contributed by atoms with Crippen LogP contribution in [0, 0.1) is 0 Å². The smallest absolute Gasteiger partial charge is 0.306 e. The molecule has 0 N–H and O–H groups in total. The molecule has 0 aliphatic carbocycles. The molecule has 0 spiro atoms. The van der Waals surface area contributed by atoms with Crippen molar-refractivity contribution in [1.82, 2.24) is 0 Å². The number of carbonyl (C=O) groups is 2. The van der Waals surface area contributed by atoms with E-state index in [1.807, 2.05) is 21.1 Å². The molecule has 90 heavy (non-hydrogen) atoms. The number of hydrogen-bond acceptors (Lipinski definition) is 8. The molecule has 10 heteroatoms. The first-order valence-electron chi connectivity index (χ1n) is 37.6. The highest BCUT2D eigenvalue weighted by Crippen LogP contribution is 2.38. The fourth-order valence-corrected chi connectivity index (χ4v) is 11.3. The van der Waals surface area contributed by atoms with E-state index in [4.69, 9.17) is 18.5 Å². The van der Waals surface area contributed by atoms with Gasteiger partial charge >= 0.3 is 11.9 Å². The molecule has 9 nitrogen and oxygen atoms in total. The minimum absolute atomic E-state index is 0.0328. The van der Waals surface area contributed by atoms with Gasteiger partial charge in [0.15, 0.2) is 6.10 Å². The first kappa shape index (κ1) is 86.7. The monoisotopic (exact) mass is 1280 g/mol. The van der Waals surface area contributed by atoms with Crippen LogP contribution in [0.5, 0.6) is 0 Å². The van der Waals surface area contributed by atoms with Crippen molar-refractivity contribution in [3.8, 4) is 0 Å². The number of phosphoric ester groups is 1. The first-order valence-corrected chi connectivity index (χ1v) is 39.1. The number of likely N-dealkylation sites (N-methyl/N-ethyl adjacent to an activating group) is 1. The number of unbranched alkanes of at least 4 members (excludes halogenated alkanes) is 37. The summed E-state index contributed by atoms with van der Waals surface area (Å²) in [6, 6.07) is 0. The third-order valence-electron chi connectivity index (χ3n) is 16.3.